The SMILES string of the molecule is CCCC(c1cc(C(C)(C)C)c(O)cc1C)c1cc(C(C)(C)C)c(O)cc1C.CCCC(c1cc(C(C)(C)C)c(O)cc1C)c1cc(C(C)(C)C)c(O)cc1C.OP(O)O. The normalized spacial score (nSPS) is 12.4. The van der Waals surface area contributed by atoms with Gasteiger partial charge in [0.1, 0.15) is 23.0 Å². The molecule has 7 N–H and O–H groups in total. The summed E-state index contributed by atoms with van der Waals surface area (Å²) in [5.41, 5.74) is 13.0. The predicted octanol–water partition coefficient (Wildman–Crippen LogP) is 13.7. The maximum absolute atomic E-state index is 10.5. The summed E-state index contributed by atoms with van der Waals surface area (Å²) in [6.07, 6.45) is 4.21. The largest absolute Gasteiger partial charge is 0.508 e. The molecule has 0 aliphatic heterocycles. The molecule has 0 saturated heterocycles. The van der Waals surface area contributed by atoms with Crippen molar-refractivity contribution >= 4 is 8.60 Å². The Labute approximate surface area is 364 Å². The van der Waals surface area contributed by atoms with Crippen molar-refractivity contribution in [2.24, 2.45) is 0 Å². The highest BCUT2D eigenvalue weighted by Crippen LogP contribution is 2.44. The van der Waals surface area contributed by atoms with Gasteiger partial charge in [-0.15, -0.1) is 0 Å². The van der Waals surface area contributed by atoms with Crippen LogP contribution in [0.15, 0.2) is 48.5 Å². The van der Waals surface area contributed by atoms with Crippen LogP contribution >= 0.6 is 8.60 Å². The van der Waals surface area contributed by atoms with Crippen LogP contribution in [0.25, 0.3) is 0 Å². The van der Waals surface area contributed by atoms with E-state index in [1.54, 1.807) is 0 Å². The molecule has 334 valence electrons. The molecule has 8 heteroatoms. The molecule has 0 spiro atoms. The Morgan fingerprint density at radius 2 is 0.550 bits per heavy atom. The summed E-state index contributed by atoms with van der Waals surface area (Å²) in [7, 11) is -2.62. The monoisotopic (exact) mass is 847 g/mol. The Balaban J connectivity index is 0.000000379. The zero-order valence-corrected chi connectivity index (χ0v) is 41.1. The highest BCUT2D eigenvalue weighted by Gasteiger charge is 2.29. The fourth-order valence-electron chi connectivity index (χ4n) is 8.28. The molecule has 4 rings (SSSR count). The third-order valence-corrected chi connectivity index (χ3v) is 11.4. The van der Waals surface area contributed by atoms with Crippen LogP contribution in [0.3, 0.4) is 0 Å². The maximum atomic E-state index is 10.5. The highest BCUT2D eigenvalue weighted by atomic mass is 31.2. The Morgan fingerprint density at radius 1 is 0.383 bits per heavy atom. The van der Waals surface area contributed by atoms with Crippen molar-refractivity contribution in [3.8, 4) is 23.0 Å². The number of rotatable bonds is 8. The van der Waals surface area contributed by atoms with Crippen LogP contribution in [0.1, 0.15) is 201 Å². The van der Waals surface area contributed by atoms with Crippen molar-refractivity contribution < 1.29 is 35.1 Å². The van der Waals surface area contributed by atoms with E-state index in [0.717, 1.165) is 70.2 Å². The predicted molar refractivity (Wildman–Crippen MR) is 253 cm³/mol. The fourth-order valence-corrected chi connectivity index (χ4v) is 8.28. The van der Waals surface area contributed by atoms with Gasteiger partial charge in [0.25, 0.3) is 0 Å². The standard InChI is InChI=1S/2C26H38O2.H3O3P/c2*1-10-11-18(19-14-21(25(4,5)6)23(27)12-16(19)2)20-15-22(26(7,8)9)24(28)13-17(20)3;1-4(2)3/h2*12-15,18,27-28H,10-11H2,1-9H3;1-3H. The van der Waals surface area contributed by atoms with E-state index in [-0.39, 0.29) is 33.5 Å². The first-order chi connectivity index (χ1) is 27.3. The van der Waals surface area contributed by atoms with Gasteiger partial charge >= 0.3 is 8.60 Å². The molecule has 0 radical (unpaired) electrons. The lowest BCUT2D eigenvalue weighted by Gasteiger charge is -2.29. The summed E-state index contributed by atoms with van der Waals surface area (Å²) in [6.45, 7) is 38.4. The molecule has 4 aromatic carbocycles. The summed E-state index contributed by atoms with van der Waals surface area (Å²) in [5.74, 6) is 1.99. The van der Waals surface area contributed by atoms with Crippen LogP contribution in [0, 0.1) is 27.7 Å². The van der Waals surface area contributed by atoms with Crippen LogP contribution in [0.5, 0.6) is 23.0 Å². The number of benzene rings is 4. The van der Waals surface area contributed by atoms with Crippen molar-refractivity contribution in [2.45, 2.75) is 184 Å². The molecule has 0 aromatic heterocycles. The molecule has 0 heterocycles. The van der Waals surface area contributed by atoms with E-state index in [9.17, 15) is 20.4 Å². The zero-order chi connectivity index (χ0) is 46.5. The van der Waals surface area contributed by atoms with Gasteiger partial charge in [-0.05, 0) is 153 Å². The van der Waals surface area contributed by atoms with Crippen LogP contribution < -0.4 is 0 Å². The molecule has 7 nitrogen and oxygen atoms in total. The molecule has 0 fully saturated rings. The maximum Gasteiger partial charge on any atom is 0.324 e. The number of hydrogen-bond acceptors (Lipinski definition) is 7. The molecule has 0 unspecified atom stereocenters. The number of aryl methyl sites for hydroxylation is 4. The number of phenolic OH excluding ortho intramolecular Hbond substituents is 4. The van der Waals surface area contributed by atoms with Crippen LogP contribution in [-0.4, -0.2) is 35.1 Å². The molecule has 60 heavy (non-hydrogen) atoms. The molecule has 4 aromatic rings. The zero-order valence-electron chi connectivity index (χ0n) is 40.2. The van der Waals surface area contributed by atoms with Gasteiger partial charge in [-0.2, -0.15) is 0 Å². The van der Waals surface area contributed by atoms with Crippen molar-refractivity contribution in [3.63, 3.8) is 0 Å². The van der Waals surface area contributed by atoms with E-state index in [4.69, 9.17) is 14.7 Å². The second-order valence-corrected chi connectivity index (χ2v) is 21.4. The molecule has 0 aliphatic carbocycles. The molecule has 0 amide bonds. The average Bonchev–Trinajstić information content (AvgIpc) is 3.05. The number of aromatic hydroxyl groups is 4. The summed E-state index contributed by atoms with van der Waals surface area (Å²) < 4.78 is 0. The van der Waals surface area contributed by atoms with Crippen LogP contribution in [-0.2, 0) is 21.7 Å². The van der Waals surface area contributed by atoms with E-state index >= 15 is 0 Å². The lowest BCUT2D eigenvalue weighted by atomic mass is 9.76. The van der Waals surface area contributed by atoms with E-state index < -0.39 is 8.60 Å². The summed E-state index contributed by atoms with van der Waals surface area (Å²) >= 11 is 0. The first-order valence-electron chi connectivity index (χ1n) is 21.5. The molecular weight excluding hydrogens is 768 g/mol. The molecule has 0 atom stereocenters. The average molecular weight is 847 g/mol. The quantitative estimate of drug-likeness (QED) is 0.0876. The fraction of sp³-hybridized carbons (Fsp3) is 0.538. The number of hydrogen-bond donors (Lipinski definition) is 7. The van der Waals surface area contributed by atoms with Gasteiger partial charge in [0.2, 0.25) is 0 Å². The minimum absolute atomic E-state index is 0.121. The Morgan fingerprint density at radius 3 is 0.683 bits per heavy atom. The third kappa shape index (κ3) is 13.7. The Kier molecular flexibility index (Phi) is 18.0. The minimum Gasteiger partial charge on any atom is -0.508 e. The van der Waals surface area contributed by atoms with Crippen molar-refractivity contribution in [3.05, 3.63) is 115 Å². The second kappa shape index (κ2) is 20.5. The summed E-state index contributed by atoms with van der Waals surface area (Å²) in [6, 6.07) is 16.5. The van der Waals surface area contributed by atoms with Crippen molar-refractivity contribution in [1.29, 1.82) is 0 Å². The summed E-state index contributed by atoms with van der Waals surface area (Å²) in [4.78, 5) is 21.7. The van der Waals surface area contributed by atoms with E-state index in [1.165, 1.54) is 22.3 Å². The van der Waals surface area contributed by atoms with Gasteiger partial charge in [-0.25, -0.2) is 0 Å². The van der Waals surface area contributed by atoms with E-state index in [1.807, 2.05) is 24.3 Å². The van der Waals surface area contributed by atoms with Crippen molar-refractivity contribution in [2.75, 3.05) is 0 Å². The molecular formula is C52H79O7P. The lowest BCUT2D eigenvalue weighted by molar-refractivity contribution is 0.368. The second-order valence-electron chi connectivity index (χ2n) is 20.9. The third-order valence-electron chi connectivity index (χ3n) is 11.4. The molecule has 0 bridgehead atoms. The first kappa shape index (κ1) is 52.5. The van der Waals surface area contributed by atoms with Crippen molar-refractivity contribution in [1.82, 2.24) is 0 Å². The summed E-state index contributed by atoms with van der Waals surface area (Å²) in [5, 5.41) is 42.2. The van der Waals surface area contributed by atoms with Gasteiger partial charge in [0.05, 0.1) is 0 Å². The van der Waals surface area contributed by atoms with E-state index in [2.05, 4.69) is 149 Å². The van der Waals surface area contributed by atoms with Crippen LogP contribution in [0.2, 0.25) is 0 Å². The molecule has 0 aliphatic rings. The van der Waals surface area contributed by atoms with Gasteiger partial charge in [0, 0.05) is 11.8 Å². The number of phenols is 4. The van der Waals surface area contributed by atoms with Gasteiger partial charge in [-0.3, -0.25) is 0 Å². The van der Waals surface area contributed by atoms with Gasteiger partial charge in [-0.1, -0.05) is 134 Å². The van der Waals surface area contributed by atoms with E-state index in [0.29, 0.717) is 23.0 Å². The Hall–Kier alpha value is -3.61. The Bertz CT molecular complexity index is 1770. The van der Waals surface area contributed by atoms with Gasteiger partial charge in [0.15, 0.2) is 0 Å². The topological polar surface area (TPSA) is 142 Å². The van der Waals surface area contributed by atoms with Gasteiger partial charge < -0.3 is 35.1 Å². The molecule has 0 saturated carbocycles. The lowest BCUT2D eigenvalue weighted by Crippen LogP contribution is -2.16. The highest BCUT2D eigenvalue weighted by molar-refractivity contribution is 7.38. The van der Waals surface area contributed by atoms with Crippen LogP contribution in [0.4, 0.5) is 0 Å². The smallest absolute Gasteiger partial charge is 0.324 e. The first-order valence-corrected chi connectivity index (χ1v) is 22.7. The minimum atomic E-state index is -2.62.